The van der Waals surface area contributed by atoms with Gasteiger partial charge >= 0.3 is 0 Å². The van der Waals surface area contributed by atoms with Crippen LogP contribution in [0.25, 0.3) is 0 Å². The van der Waals surface area contributed by atoms with E-state index in [1.807, 2.05) is 7.05 Å². The van der Waals surface area contributed by atoms with Crippen molar-refractivity contribution in [3.05, 3.63) is 12.4 Å². The van der Waals surface area contributed by atoms with Gasteiger partial charge in [0, 0.05) is 56.2 Å². The Balaban J connectivity index is 1.26. The molecule has 2 aliphatic carbocycles. The van der Waals surface area contributed by atoms with Gasteiger partial charge in [-0.3, -0.25) is 0 Å². The van der Waals surface area contributed by atoms with Gasteiger partial charge in [-0.1, -0.05) is 6.42 Å². The number of aromatic nitrogens is 2. The highest BCUT2D eigenvalue weighted by atomic mass is 16.5. The molecule has 25 heavy (non-hydrogen) atoms. The van der Waals surface area contributed by atoms with Gasteiger partial charge in [0.25, 0.3) is 0 Å². The molecule has 2 unspecified atom stereocenters. The minimum Gasteiger partial charge on any atom is -0.377 e. The monoisotopic (exact) mass is 343 g/mol. The first-order valence-corrected chi connectivity index (χ1v) is 9.93. The van der Waals surface area contributed by atoms with Crippen molar-refractivity contribution >= 4 is 11.6 Å². The standard InChI is InChI=1S/C19H29N5O/c1-20-15-10-16(23-12-22-15)24-8-2-4-13(24)11-21-17-14-5-9-25-18(14)19(17)6-3-7-19/h10,12-14,17-18,21H,2-9,11H2,1H3,(H,20,22,23)/t13?,14-,17?,18-/m1/s1. The number of nitrogens with zero attached hydrogens (tertiary/aromatic N) is 3. The maximum absolute atomic E-state index is 6.05. The minimum absolute atomic E-state index is 0.471. The molecule has 6 heteroatoms. The molecule has 5 rings (SSSR count). The lowest BCUT2D eigenvalue weighted by molar-refractivity contribution is -0.176. The molecule has 1 aromatic rings. The first kappa shape index (κ1) is 15.8. The normalized spacial score (nSPS) is 35.3. The molecule has 1 aromatic heterocycles. The van der Waals surface area contributed by atoms with E-state index in [4.69, 9.17) is 4.74 Å². The van der Waals surface area contributed by atoms with E-state index < -0.39 is 0 Å². The van der Waals surface area contributed by atoms with Crippen molar-refractivity contribution in [2.45, 2.75) is 56.7 Å². The Hall–Kier alpha value is -1.40. The quantitative estimate of drug-likeness (QED) is 0.853. The Bertz CT molecular complexity index is 634. The summed E-state index contributed by atoms with van der Waals surface area (Å²) in [6.07, 6.45) is 10.1. The second-order valence-corrected chi connectivity index (χ2v) is 8.22. The number of hydrogen-bond donors (Lipinski definition) is 2. The summed E-state index contributed by atoms with van der Waals surface area (Å²) >= 11 is 0. The maximum Gasteiger partial charge on any atom is 0.134 e. The largest absolute Gasteiger partial charge is 0.377 e. The lowest BCUT2D eigenvalue weighted by atomic mass is 9.46. The van der Waals surface area contributed by atoms with E-state index in [1.54, 1.807) is 6.33 Å². The second-order valence-electron chi connectivity index (χ2n) is 8.22. The van der Waals surface area contributed by atoms with E-state index in [0.717, 1.165) is 37.3 Å². The molecular formula is C19H29N5O. The van der Waals surface area contributed by atoms with Crippen LogP contribution < -0.4 is 15.5 Å². The number of nitrogens with one attached hydrogen (secondary N) is 2. The highest BCUT2D eigenvalue weighted by molar-refractivity contribution is 5.49. The van der Waals surface area contributed by atoms with Gasteiger partial charge < -0.3 is 20.3 Å². The molecule has 4 atom stereocenters. The highest BCUT2D eigenvalue weighted by Crippen LogP contribution is 2.62. The van der Waals surface area contributed by atoms with Gasteiger partial charge in [-0.15, -0.1) is 0 Å². The Morgan fingerprint density at radius 2 is 2.20 bits per heavy atom. The number of anilines is 2. The second kappa shape index (κ2) is 6.09. The Kier molecular flexibility index (Phi) is 3.86. The van der Waals surface area contributed by atoms with Gasteiger partial charge in [0.2, 0.25) is 0 Å². The summed E-state index contributed by atoms with van der Waals surface area (Å²) in [5.74, 6) is 2.70. The van der Waals surface area contributed by atoms with Crippen LogP contribution in [0.15, 0.2) is 12.4 Å². The molecule has 4 aliphatic rings. The third-order valence-corrected chi connectivity index (χ3v) is 7.19. The topological polar surface area (TPSA) is 62.3 Å². The smallest absolute Gasteiger partial charge is 0.134 e. The third-order valence-electron chi connectivity index (χ3n) is 7.19. The van der Waals surface area contributed by atoms with Crippen molar-refractivity contribution in [2.24, 2.45) is 11.3 Å². The molecule has 4 fully saturated rings. The van der Waals surface area contributed by atoms with Crippen molar-refractivity contribution < 1.29 is 4.74 Å². The first-order valence-electron chi connectivity index (χ1n) is 9.93. The van der Waals surface area contributed by atoms with Crippen LogP contribution in [-0.2, 0) is 4.74 Å². The summed E-state index contributed by atoms with van der Waals surface area (Å²) < 4.78 is 6.05. The van der Waals surface area contributed by atoms with Crippen LogP contribution in [-0.4, -0.2) is 54.9 Å². The molecule has 0 amide bonds. The van der Waals surface area contributed by atoms with Crippen LogP contribution >= 0.6 is 0 Å². The third kappa shape index (κ3) is 2.37. The summed E-state index contributed by atoms with van der Waals surface area (Å²) in [5.41, 5.74) is 0.471. The van der Waals surface area contributed by atoms with E-state index in [1.165, 1.54) is 38.5 Å². The van der Waals surface area contributed by atoms with Crippen molar-refractivity contribution in [1.29, 1.82) is 0 Å². The predicted molar refractivity (Wildman–Crippen MR) is 97.9 cm³/mol. The molecule has 2 saturated carbocycles. The van der Waals surface area contributed by atoms with Gasteiger partial charge in [-0.25, -0.2) is 9.97 Å². The molecule has 0 radical (unpaired) electrons. The first-order chi connectivity index (χ1) is 12.3. The van der Waals surface area contributed by atoms with Crippen LogP contribution in [0.2, 0.25) is 0 Å². The number of rotatable bonds is 5. The highest BCUT2D eigenvalue weighted by Gasteiger charge is 2.66. The average molecular weight is 343 g/mol. The van der Waals surface area contributed by atoms with Crippen LogP contribution in [0.5, 0.6) is 0 Å². The van der Waals surface area contributed by atoms with Crippen molar-refractivity contribution in [3.63, 3.8) is 0 Å². The number of fused-ring (bicyclic) bond motifs is 2. The lowest BCUT2D eigenvalue weighted by Gasteiger charge is -2.63. The molecule has 136 valence electrons. The van der Waals surface area contributed by atoms with Crippen LogP contribution in [0.4, 0.5) is 11.6 Å². The fourth-order valence-corrected chi connectivity index (χ4v) is 5.81. The summed E-state index contributed by atoms with van der Waals surface area (Å²) in [4.78, 5) is 11.2. The molecule has 2 aliphatic heterocycles. The van der Waals surface area contributed by atoms with Gasteiger partial charge in [0.15, 0.2) is 0 Å². The van der Waals surface area contributed by atoms with Crippen LogP contribution in [0.3, 0.4) is 0 Å². The molecular weight excluding hydrogens is 314 g/mol. The molecule has 0 aromatic carbocycles. The van der Waals surface area contributed by atoms with Gasteiger partial charge in [0.1, 0.15) is 18.0 Å². The van der Waals surface area contributed by atoms with Crippen molar-refractivity contribution in [2.75, 3.05) is 37.0 Å². The van der Waals surface area contributed by atoms with Gasteiger partial charge in [-0.05, 0) is 32.1 Å². The zero-order valence-corrected chi connectivity index (χ0v) is 15.1. The predicted octanol–water partition coefficient (Wildman–Crippen LogP) is 2.03. The summed E-state index contributed by atoms with van der Waals surface area (Å²) in [6, 6.07) is 3.28. The molecule has 2 N–H and O–H groups in total. The van der Waals surface area contributed by atoms with Gasteiger partial charge in [0.05, 0.1) is 6.10 Å². The Morgan fingerprint density at radius 3 is 3.00 bits per heavy atom. The van der Waals surface area contributed by atoms with E-state index >= 15 is 0 Å². The zero-order valence-electron chi connectivity index (χ0n) is 15.1. The SMILES string of the molecule is CNc1cc(N2CCCC2CNC2[C@H]3CCO[C@H]3C23CCC3)ncn1. The van der Waals surface area contributed by atoms with Crippen LogP contribution in [0, 0.1) is 11.3 Å². The van der Waals surface area contributed by atoms with E-state index in [-0.39, 0.29) is 0 Å². The molecule has 3 heterocycles. The fraction of sp³-hybridized carbons (Fsp3) is 0.789. The van der Waals surface area contributed by atoms with E-state index in [9.17, 15) is 0 Å². The zero-order chi connectivity index (χ0) is 16.9. The minimum atomic E-state index is 0.471. The number of hydrogen-bond acceptors (Lipinski definition) is 6. The Morgan fingerprint density at radius 1 is 1.28 bits per heavy atom. The van der Waals surface area contributed by atoms with Crippen LogP contribution in [0.1, 0.15) is 38.5 Å². The maximum atomic E-state index is 6.05. The molecule has 0 bridgehead atoms. The van der Waals surface area contributed by atoms with Crippen molar-refractivity contribution in [1.82, 2.24) is 15.3 Å². The van der Waals surface area contributed by atoms with Crippen molar-refractivity contribution in [3.8, 4) is 0 Å². The summed E-state index contributed by atoms with van der Waals surface area (Å²) in [7, 11) is 1.91. The molecule has 1 spiro atoms. The van der Waals surface area contributed by atoms with Gasteiger partial charge in [-0.2, -0.15) is 0 Å². The lowest BCUT2D eigenvalue weighted by Crippen LogP contribution is -2.71. The number of ether oxygens (including phenoxy) is 1. The average Bonchev–Trinajstić information content (AvgIpc) is 3.22. The van der Waals surface area contributed by atoms with E-state index in [0.29, 0.717) is 23.6 Å². The summed E-state index contributed by atoms with van der Waals surface area (Å²) in [6.45, 7) is 3.13. The Labute approximate surface area is 149 Å². The fourth-order valence-electron chi connectivity index (χ4n) is 5.81. The molecule has 6 nitrogen and oxygen atoms in total. The van der Waals surface area contributed by atoms with E-state index in [2.05, 4.69) is 31.6 Å². The summed E-state index contributed by atoms with van der Waals surface area (Å²) in [5, 5.41) is 7.09. The molecule has 2 saturated heterocycles.